The van der Waals surface area contributed by atoms with Gasteiger partial charge < -0.3 is 10.1 Å². The molecule has 158 valence electrons. The molecule has 0 aromatic heterocycles. The highest BCUT2D eigenvalue weighted by molar-refractivity contribution is 7.92. The molecule has 1 atom stereocenters. The van der Waals surface area contributed by atoms with E-state index in [4.69, 9.17) is 4.74 Å². The van der Waals surface area contributed by atoms with Gasteiger partial charge in [-0.1, -0.05) is 38.5 Å². The fourth-order valence-electron chi connectivity index (χ4n) is 3.17. The van der Waals surface area contributed by atoms with Gasteiger partial charge in [-0.15, -0.1) is 0 Å². The molecule has 0 bridgehead atoms. The molecular formula is C22H30N2O4S. The van der Waals surface area contributed by atoms with Crippen LogP contribution in [0, 0.1) is 0 Å². The van der Waals surface area contributed by atoms with Crippen molar-refractivity contribution < 1.29 is 17.9 Å². The first-order chi connectivity index (χ1) is 13.8. The second-order valence-corrected chi connectivity index (χ2v) is 8.83. The monoisotopic (exact) mass is 418 g/mol. The molecule has 7 heteroatoms. The van der Waals surface area contributed by atoms with Crippen LogP contribution in [0.2, 0.25) is 0 Å². The minimum atomic E-state index is -3.69. The number of amides is 1. The van der Waals surface area contributed by atoms with E-state index in [0.717, 1.165) is 29.8 Å². The van der Waals surface area contributed by atoms with Crippen molar-refractivity contribution in [3.8, 4) is 5.75 Å². The van der Waals surface area contributed by atoms with Crippen molar-refractivity contribution in [1.29, 1.82) is 0 Å². The van der Waals surface area contributed by atoms with E-state index in [1.807, 2.05) is 24.3 Å². The molecule has 2 rings (SSSR count). The highest BCUT2D eigenvalue weighted by Crippen LogP contribution is 2.27. The van der Waals surface area contributed by atoms with Crippen LogP contribution in [0.1, 0.15) is 38.7 Å². The lowest BCUT2D eigenvalue weighted by atomic mass is 10.1. The Hall–Kier alpha value is -2.54. The van der Waals surface area contributed by atoms with Crippen LogP contribution in [-0.4, -0.2) is 33.7 Å². The normalized spacial score (nSPS) is 12.3. The van der Waals surface area contributed by atoms with Crippen molar-refractivity contribution in [2.24, 2.45) is 0 Å². The Balaban J connectivity index is 2.26. The highest BCUT2D eigenvalue weighted by Gasteiger charge is 2.31. The van der Waals surface area contributed by atoms with Gasteiger partial charge in [-0.3, -0.25) is 9.10 Å². The van der Waals surface area contributed by atoms with Gasteiger partial charge in [-0.05, 0) is 49.1 Å². The van der Waals surface area contributed by atoms with Gasteiger partial charge in [-0.25, -0.2) is 8.42 Å². The topological polar surface area (TPSA) is 75.7 Å². The van der Waals surface area contributed by atoms with Gasteiger partial charge in [0.25, 0.3) is 0 Å². The molecule has 1 amide bonds. The number of methoxy groups -OCH3 is 1. The minimum absolute atomic E-state index is 0.324. The van der Waals surface area contributed by atoms with Crippen LogP contribution in [0.5, 0.6) is 5.75 Å². The Morgan fingerprint density at radius 1 is 1.14 bits per heavy atom. The Labute approximate surface area is 173 Å². The van der Waals surface area contributed by atoms with Gasteiger partial charge in [0.2, 0.25) is 15.9 Å². The van der Waals surface area contributed by atoms with Crippen LogP contribution in [0.25, 0.3) is 0 Å². The van der Waals surface area contributed by atoms with Gasteiger partial charge in [-0.2, -0.15) is 0 Å². The highest BCUT2D eigenvalue weighted by atomic mass is 32.2. The molecule has 0 aliphatic carbocycles. The van der Waals surface area contributed by atoms with Crippen LogP contribution in [0.3, 0.4) is 0 Å². The average molecular weight is 419 g/mol. The summed E-state index contributed by atoms with van der Waals surface area (Å²) in [6.07, 6.45) is 4.67. The van der Waals surface area contributed by atoms with E-state index in [9.17, 15) is 13.2 Å². The fourth-order valence-corrected chi connectivity index (χ4v) is 4.37. The summed E-state index contributed by atoms with van der Waals surface area (Å²) >= 11 is 0. The largest absolute Gasteiger partial charge is 0.497 e. The summed E-state index contributed by atoms with van der Waals surface area (Å²) in [6.45, 7) is 3.94. The molecule has 0 radical (unpaired) electrons. The number of ether oxygens (including phenoxy) is 1. The van der Waals surface area contributed by atoms with Gasteiger partial charge in [0.15, 0.2) is 0 Å². The van der Waals surface area contributed by atoms with E-state index in [1.54, 1.807) is 31.2 Å². The van der Waals surface area contributed by atoms with Crippen LogP contribution in [0.4, 0.5) is 11.4 Å². The smallest absolute Gasteiger partial charge is 0.248 e. The number of nitrogens with zero attached hydrogens (tertiary/aromatic N) is 1. The lowest BCUT2D eigenvalue weighted by Gasteiger charge is -2.30. The Bertz CT molecular complexity index is 911. The zero-order valence-corrected chi connectivity index (χ0v) is 18.3. The zero-order valence-electron chi connectivity index (χ0n) is 17.5. The molecule has 0 aliphatic heterocycles. The van der Waals surface area contributed by atoms with E-state index >= 15 is 0 Å². The second-order valence-electron chi connectivity index (χ2n) is 6.97. The Kier molecular flexibility index (Phi) is 8.08. The first-order valence-corrected chi connectivity index (χ1v) is 11.7. The number of hydrogen-bond acceptors (Lipinski definition) is 4. The van der Waals surface area contributed by atoms with Gasteiger partial charge in [0, 0.05) is 11.8 Å². The Morgan fingerprint density at radius 2 is 1.83 bits per heavy atom. The van der Waals surface area contributed by atoms with E-state index in [0.29, 0.717) is 23.5 Å². The second kappa shape index (κ2) is 10.3. The SMILES string of the molecule is CCCCc1ccc(NC(=O)[C@@H](CC)N(c2cccc(OC)c2)S(C)(=O)=O)cc1. The third-order valence-corrected chi connectivity index (χ3v) is 5.86. The number of nitrogens with one attached hydrogen (secondary N) is 1. The zero-order chi connectivity index (χ0) is 21.4. The summed E-state index contributed by atoms with van der Waals surface area (Å²) in [6, 6.07) is 13.5. The van der Waals surface area contributed by atoms with Crippen LogP contribution < -0.4 is 14.4 Å². The van der Waals surface area contributed by atoms with Crippen molar-refractivity contribution in [3.63, 3.8) is 0 Å². The van der Waals surface area contributed by atoms with Crippen molar-refractivity contribution >= 4 is 27.3 Å². The summed E-state index contributed by atoms with van der Waals surface area (Å²) in [5.41, 5.74) is 2.25. The molecule has 0 saturated carbocycles. The number of carbonyl (C=O) groups excluding carboxylic acids is 1. The maximum absolute atomic E-state index is 13.0. The third kappa shape index (κ3) is 6.22. The molecule has 1 N–H and O–H groups in total. The molecule has 6 nitrogen and oxygen atoms in total. The summed E-state index contributed by atoms with van der Waals surface area (Å²) in [5.74, 6) is 0.149. The third-order valence-electron chi connectivity index (χ3n) is 4.68. The molecule has 0 fully saturated rings. The predicted octanol–water partition coefficient (Wildman–Crippen LogP) is 4.22. The molecule has 0 heterocycles. The van der Waals surface area contributed by atoms with Gasteiger partial charge in [0.05, 0.1) is 19.1 Å². The maximum atomic E-state index is 13.0. The number of aryl methyl sites for hydroxylation is 1. The van der Waals surface area contributed by atoms with E-state index in [1.165, 1.54) is 12.7 Å². The first-order valence-electron chi connectivity index (χ1n) is 9.83. The lowest BCUT2D eigenvalue weighted by molar-refractivity contribution is -0.117. The maximum Gasteiger partial charge on any atom is 0.248 e. The molecule has 0 spiro atoms. The fraction of sp³-hybridized carbons (Fsp3) is 0.409. The molecule has 0 unspecified atom stereocenters. The number of carbonyl (C=O) groups is 1. The van der Waals surface area contributed by atoms with Crippen molar-refractivity contribution in [1.82, 2.24) is 0 Å². The summed E-state index contributed by atoms with van der Waals surface area (Å²) < 4.78 is 31.4. The van der Waals surface area contributed by atoms with Crippen LogP contribution in [-0.2, 0) is 21.2 Å². The summed E-state index contributed by atoms with van der Waals surface area (Å²) in [5, 5.41) is 2.85. The first kappa shape index (κ1) is 22.7. The molecular weight excluding hydrogens is 388 g/mol. The number of hydrogen-bond donors (Lipinski definition) is 1. The average Bonchev–Trinajstić information content (AvgIpc) is 2.70. The number of rotatable bonds is 10. The van der Waals surface area contributed by atoms with Gasteiger partial charge >= 0.3 is 0 Å². The number of anilines is 2. The van der Waals surface area contributed by atoms with Crippen molar-refractivity contribution in [2.45, 2.75) is 45.6 Å². The molecule has 29 heavy (non-hydrogen) atoms. The minimum Gasteiger partial charge on any atom is -0.497 e. The standard InChI is InChI=1S/C22H30N2O4S/c1-5-7-9-17-12-14-18(15-13-17)23-22(25)21(6-2)24(29(4,26)27)19-10-8-11-20(16-19)28-3/h8,10-16,21H,5-7,9H2,1-4H3,(H,23,25)/t21-/m1/s1. The molecule has 2 aromatic rings. The summed E-state index contributed by atoms with van der Waals surface area (Å²) in [4.78, 5) is 13.0. The van der Waals surface area contributed by atoms with Crippen LogP contribution >= 0.6 is 0 Å². The molecule has 0 aliphatic rings. The van der Waals surface area contributed by atoms with Crippen LogP contribution in [0.15, 0.2) is 48.5 Å². The number of unbranched alkanes of at least 4 members (excludes halogenated alkanes) is 1. The van der Waals surface area contributed by atoms with Gasteiger partial charge in [0.1, 0.15) is 11.8 Å². The lowest BCUT2D eigenvalue weighted by Crippen LogP contribution is -2.47. The molecule has 0 saturated heterocycles. The van der Waals surface area contributed by atoms with E-state index in [-0.39, 0.29) is 5.91 Å². The van der Waals surface area contributed by atoms with E-state index < -0.39 is 16.1 Å². The molecule has 2 aromatic carbocycles. The van der Waals surface area contributed by atoms with Crippen molar-refractivity contribution in [3.05, 3.63) is 54.1 Å². The number of benzene rings is 2. The Morgan fingerprint density at radius 3 is 2.38 bits per heavy atom. The number of sulfonamides is 1. The predicted molar refractivity (Wildman–Crippen MR) is 118 cm³/mol. The van der Waals surface area contributed by atoms with E-state index in [2.05, 4.69) is 12.2 Å². The quantitative estimate of drug-likeness (QED) is 0.627. The summed E-state index contributed by atoms with van der Waals surface area (Å²) in [7, 11) is -2.18. The van der Waals surface area contributed by atoms with Crippen molar-refractivity contribution in [2.75, 3.05) is 23.0 Å².